The van der Waals surface area contributed by atoms with E-state index in [1.54, 1.807) is 12.1 Å². The summed E-state index contributed by atoms with van der Waals surface area (Å²) in [6, 6.07) is 19.3. The Balaban J connectivity index is 1.55. The summed E-state index contributed by atoms with van der Waals surface area (Å²) in [7, 11) is 0. The number of ether oxygens (including phenoxy) is 3. The van der Waals surface area contributed by atoms with Gasteiger partial charge in [-0.3, -0.25) is 0 Å². The monoisotopic (exact) mass is 464 g/mol. The number of carbonyl (C=O) groups is 1. The van der Waals surface area contributed by atoms with E-state index in [1.165, 1.54) is 25.0 Å². The van der Waals surface area contributed by atoms with E-state index in [0.29, 0.717) is 12.4 Å². The van der Waals surface area contributed by atoms with Crippen molar-refractivity contribution in [3.8, 4) is 28.4 Å². The van der Waals surface area contributed by atoms with Crippen LogP contribution in [-0.4, -0.2) is 19.2 Å². The van der Waals surface area contributed by atoms with Crippen LogP contribution in [0.2, 0.25) is 0 Å². The van der Waals surface area contributed by atoms with Crippen LogP contribution in [0, 0.1) is 5.82 Å². The molecule has 0 N–H and O–H groups in total. The lowest BCUT2D eigenvalue weighted by Gasteiger charge is -2.10. The zero-order valence-corrected chi connectivity index (χ0v) is 20.0. The summed E-state index contributed by atoms with van der Waals surface area (Å²) in [5.41, 5.74) is 2.17. The van der Waals surface area contributed by atoms with Crippen molar-refractivity contribution < 1.29 is 23.4 Å². The summed E-state index contributed by atoms with van der Waals surface area (Å²) < 4.78 is 30.9. The van der Waals surface area contributed by atoms with Crippen molar-refractivity contribution >= 4 is 5.97 Å². The second-order valence-electron chi connectivity index (χ2n) is 8.19. The van der Waals surface area contributed by atoms with Crippen LogP contribution in [0.3, 0.4) is 0 Å². The first kappa shape index (κ1) is 25.3. The molecule has 0 spiro atoms. The average molecular weight is 465 g/mol. The fourth-order valence-electron chi connectivity index (χ4n) is 3.45. The highest BCUT2D eigenvalue weighted by molar-refractivity contribution is 5.91. The maximum absolute atomic E-state index is 14.3. The third kappa shape index (κ3) is 7.62. The van der Waals surface area contributed by atoms with Crippen molar-refractivity contribution in [3.05, 3.63) is 78.1 Å². The molecular weight excluding hydrogens is 431 g/mol. The first-order chi connectivity index (χ1) is 16.6. The van der Waals surface area contributed by atoms with E-state index < -0.39 is 11.8 Å². The quantitative estimate of drug-likeness (QED) is 0.147. The number of hydrogen-bond acceptors (Lipinski definition) is 4. The minimum atomic E-state index is -0.617. The van der Waals surface area contributed by atoms with Crippen LogP contribution in [0.15, 0.2) is 66.7 Å². The molecule has 0 saturated carbocycles. The topological polar surface area (TPSA) is 44.8 Å². The van der Waals surface area contributed by atoms with Crippen molar-refractivity contribution in [2.45, 2.75) is 52.4 Å². The number of benzene rings is 3. The van der Waals surface area contributed by atoms with E-state index in [0.717, 1.165) is 55.2 Å². The molecule has 3 aromatic carbocycles. The molecule has 0 fully saturated rings. The summed E-state index contributed by atoms with van der Waals surface area (Å²) >= 11 is 0. The molecular formula is C29H33FO4. The number of unbranched alkanes of at least 4 members (excludes halogenated alkanes) is 4. The third-order valence-electron chi connectivity index (χ3n) is 5.44. The van der Waals surface area contributed by atoms with Crippen molar-refractivity contribution in [3.63, 3.8) is 0 Å². The van der Waals surface area contributed by atoms with Crippen LogP contribution in [0.5, 0.6) is 17.2 Å². The second-order valence-corrected chi connectivity index (χ2v) is 8.19. The van der Waals surface area contributed by atoms with Crippen LogP contribution in [0.25, 0.3) is 11.1 Å². The third-order valence-corrected chi connectivity index (χ3v) is 5.44. The molecule has 0 heterocycles. The Morgan fingerprint density at radius 1 is 0.706 bits per heavy atom. The van der Waals surface area contributed by atoms with E-state index in [-0.39, 0.29) is 11.3 Å². The number of esters is 1. The molecule has 0 saturated heterocycles. The predicted octanol–water partition coefficient (Wildman–Crippen LogP) is 7.85. The zero-order chi connectivity index (χ0) is 24.2. The number of hydrogen-bond donors (Lipinski definition) is 0. The second kappa shape index (κ2) is 13.4. The largest absolute Gasteiger partial charge is 0.494 e. The minimum absolute atomic E-state index is 0.136. The highest BCUT2D eigenvalue weighted by atomic mass is 19.1. The van der Waals surface area contributed by atoms with Crippen molar-refractivity contribution in [2.75, 3.05) is 13.2 Å². The summed E-state index contributed by atoms with van der Waals surface area (Å²) in [5.74, 6) is 0.210. The molecule has 0 unspecified atom stereocenters. The van der Waals surface area contributed by atoms with E-state index in [2.05, 4.69) is 13.8 Å². The van der Waals surface area contributed by atoms with Gasteiger partial charge >= 0.3 is 5.97 Å². The fraction of sp³-hybridized carbons (Fsp3) is 0.345. The van der Waals surface area contributed by atoms with Gasteiger partial charge in [-0.2, -0.15) is 0 Å². The van der Waals surface area contributed by atoms with E-state index >= 15 is 0 Å². The number of carbonyl (C=O) groups excluding carboxylic acids is 1. The van der Waals surface area contributed by atoms with E-state index in [4.69, 9.17) is 14.2 Å². The lowest BCUT2D eigenvalue weighted by Crippen LogP contribution is -2.09. The van der Waals surface area contributed by atoms with Gasteiger partial charge in [-0.05, 0) is 66.4 Å². The van der Waals surface area contributed by atoms with Gasteiger partial charge in [0.25, 0.3) is 0 Å². The molecule has 0 aliphatic heterocycles. The van der Waals surface area contributed by atoms with Gasteiger partial charge in [0.15, 0.2) is 11.6 Å². The molecule has 5 heteroatoms. The predicted molar refractivity (Wildman–Crippen MR) is 133 cm³/mol. The lowest BCUT2D eigenvalue weighted by molar-refractivity contribution is 0.0734. The minimum Gasteiger partial charge on any atom is -0.494 e. The molecule has 4 nitrogen and oxygen atoms in total. The maximum atomic E-state index is 14.3. The van der Waals surface area contributed by atoms with Gasteiger partial charge in [-0.25, -0.2) is 9.18 Å². The van der Waals surface area contributed by atoms with Gasteiger partial charge in [0.05, 0.1) is 18.8 Å². The Morgan fingerprint density at radius 3 is 1.82 bits per heavy atom. The Bertz CT molecular complexity index is 1030. The normalized spacial score (nSPS) is 10.7. The Labute approximate surface area is 201 Å². The standard InChI is InChI=1S/C29H33FO4/c1-3-5-7-19-32-25-14-9-22(10-15-25)23-11-16-26(17-12-23)34-29(31)24-13-18-28(27(30)21-24)33-20-8-6-4-2/h9-18,21H,3-8,19-20H2,1-2H3. The summed E-state index contributed by atoms with van der Waals surface area (Å²) in [6.07, 6.45) is 6.37. The molecule has 0 aliphatic rings. The van der Waals surface area contributed by atoms with Crippen LogP contribution in [-0.2, 0) is 0 Å². The molecule has 3 rings (SSSR count). The SMILES string of the molecule is CCCCCOc1ccc(-c2ccc(OC(=O)c3ccc(OCCCCC)c(F)c3)cc2)cc1. The molecule has 180 valence electrons. The highest BCUT2D eigenvalue weighted by Crippen LogP contribution is 2.26. The summed E-state index contributed by atoms with van der Waals surface area (Å²) in [5, 5.41) is 0. The smallest absolute Gasteiger partial charge is 0.343 e. The van der Waals surface area contributed by atoms with Crippen molar-refractivity contribution in [2.24, 2.45) is 0 Å². The fourth-order valence-corrected chi connectivity index (χ4v) is 3.45. The molecule has 3 aromatic rings. The molecule has 0 amide bonds. The van der Waals surface area contributed by atoms with Crippen molar-refractivity contribution in [1.82, 2.24) is 0 Å². The van der Waals surface area contributed by atoms with E-state index in [9.17, 15) is 9.18 Å². The van der Waals surface area contributed by atoms with Gasteiger partial charge in [0.1, 0.15) is 11.5 Å². The Hall–Kier alpha value is -3.34. The molecule has 0 aliphatic carbocycles. The van der Waals surface area contributed by atoms with Gasteiger partial charge in [0, 0.05) is 0 Å². The van der Waals surface area contributed by atoms with Crippen LogP contribution in [0.4, 0.5) is 4.39 Å². The Morgan fingerprint density at radius 2 is 1.26 bits per heavy atom. The molecule has 0 radical (unpaired) electrons. The Kier molecular flexibility index (Phi) is 9.96. The molecule has 0 aromatic heterocycles. The van der Waals surface area contributed by atoms with Gasteiger partial charge < -0.3 is 14.2 Å². The van der Waals surface area contributed by atoms with Crippen molar-refractivity contribution in [1.29, 1.82) is 0 Å². The summed E-state index contributed by atoms with van der Waals surface area (Å²) in [6.45, 7) is 5.45. The van der Waals surface area contributed by atoms with Crippen LogP contribution >= 0.6 is 0 Å². The lowest BCUT2D eigenvalue weighted by atomic mass is 10.1. The van der Waals surface area contributed by atoms with Gasteiger partial charge in [-0.15, -0.1) is 0 Å². The zero-order valence-electron chi connectivity index (χ0n) is 20.0. The number of rotatable bonds is 13. The highest BCUT2D eigenvalue weighted by Gasteiger charge is 2.13. The van der Waals surface area contributed by atoms with Gasteiger partial charge in [0.2, 0.25) is 0 Å². The van der Waals surface area contributed by atoms with Crippen LogP contribution in [0.1, 0.15) is 62.7 Å². The first-order valence-electron chi connectivity index (χ1n) is 12.1. The van der Waals surface area contributed by atoms with Crippen LogP contribution < -0.4 is 14.2 Å². The number of halogens is 1. The molecule has 0 atom stereocenters. The molecule has 0 bridgehead atoms. The average Bonchev–Trinajstić information content (AvgIpc) is 2.86. The summed E-state index contributed by atoms with van der Waals surface area (Å²) in [4.78, 5) is 12.5. The van der Waals surface area contributed by atoms with E-state index in [1.807, 2.05) is 36.4 Å². The first-order valence-corrected chi connectivity index (χ1v) is 12.1. The molecule has 34 heavy (non-hydrogen) atoms. The van der Waals surface area contributed by atoms with Gasteiger partial charge in [-0.1, -0.05) is 63.8 Å². The maximum Gasteiger partial charge on any atom is 0.343 e.